The molecule has 3 rings (SSSR count). The van der Waals surface area contributed by atoms with Gasteiger partial charge < -0.3 is 4.90 Å². The average molecular weight is 370 g/mol. The van der Waals surface area contributed by atoms with Crippen LogP contribution in [0.3, 0.4) is 0 Å². The number of carbonyl (C=O) groups is 2. The first-order chi connectivity index (χ1) is 12.5. The molecule has 5 nitrogen and oxygen atoms in total. The molecule has 0 aliphatic carbocycles. The number of hydrogen-bond donors (Lipinski definition) is 1. The molecule has 134 valence electrons. The minimum absolute atomic E-state index is 0.0523. The minimum Gasteiger partial charge on any atom is -0.312 e. The second kappa shape index (κ2) is 7.70. The SMILES string of the molecule is Cc1ccc(N2C[C@@H](C(=O)N/N=C\c3ccccc3Cl)CC2=O)cc1C. The Kier molecular flexibility index (Phi) is 5.38. The van der Waals surface area contributed by atoms with Gasteiger partial charge >= 0.3 is 0 Å². The molecule has 0 bridgehead atoms. The fourth-order valence-electron chi connectivity index (χ4n) is 2.86. The maximum Gasteiger partial charge on any atom is 0.245 e. The number of rotatable bonds is 4. The maximum atomic E-state index is 12.3. The van der Waals surface area contributed by atoms with Gasteiger partial charge in [0, 0.05) is 29.2 Å². The third kappa shape index (κ3) is 3.94. The van der Waals surface area contributed by atoms with Crippen LogP contribution in [0.15, 0.2) is 47.6 Å². The van der Waals surface area contributed by atoms with E-state index in [0.717, 1.165) is 11.3 Å². The largest absolute Gasteiger partial charge is 0.312 e. The number of hydrazone groups is 1. The van der Waals surface area contributed by atoms with Gasteiger partial charge in [-0.2, -0.15) is 5.10 Å². The first-order valence-electron chi connectivity index (χ1n) is 8.41. The zero-order chi connectivity index (χ0) is 18.7. The molecular formula is C20H20ClN3O2. The van der Waals surface area contributed by atoms with Gasteiger partial charge in [-0.15, -0.1) is 0 Å². The summed E-state index contributed by atoms with van der Waals surface area (Å²) in [5.74, 6) is -0.746. The van der Waals surface area contributed by atoms with Crippen molar-refractivity contribution in [3.05, 3.63) is 64.2 Å². The van der Waals surface area contributed by atoms with Crippen molar-refractivity contribution >= 4 is 35.3 Å². The number of aryl methyl sites for hydroxylation is 2. The number of nitrogens with one attached hydrogen (secondary N) is 1. The van der Waals surface area contributed by atoms with Crippen molar-refractivity contribution in [3.8, 4) is 0 Å². The van der Waals surface area contributed by atoms with E-state index in [-0.39, 0.29) is 18.2 Å². The quantitative estimate of drug-likeness (QED) is 0.662. The number of halogens is 1. The van der Waals surface area contributed by atoms with Gasteiger partial charge in [0.2, 0.25) is 11.8 Å². The lowest BCUT2D eigenvalue weighted by Gasteiger charge is -2.17. The number of anilines is 1. The first kappa shape index (κ1) is 18.1. The van der Waals surface area contributed by atoms with Crippen LogP contribution in [0.4, 0.5) is 5.69 Å². The molecule has 2 amide bonds. The van der Waals surface area contributed by atoms with Crippen molar-refractivity contribution in [1.29, 1.82) is 0 Å². The zero-order valence-corrected chi connectivity index (χ0v) is 15.5. The highest BCUT2D eigenvalue weighted by Gasteiger charge is 2.35. The molecule has 1 heterocycles. The summed E-state index contributed by atoms with van der Waals surface area (Å²) in [6.07, 6.45) is 1.68. The Morgan fingerprint density at radius 3 is 2.73 bits per heavy atom. The standard InChI is InChI=1S/C20H20ClN3O2/c1-13-7-8-17(9-14(13)2)24-12-16(10-19(24)25)20(26)23-22-11-15-5-3-4-6-18(15)21/h3-9,11,16H,10,12H2,1-2H3,(H,23,26)/b22-11-/t16-/m0/s1. The predicted octanol–water partition coefficient (Wildman–Crippen LogP) is 3.46. The minimum atomic E-state index is -0.424. The van der Waals surface area contributed by atoms with Crippen molar-refractivity contribution in [2.45, 2.75) is 20.3 Å². The van der Waals surface area contributed by atoms with Crippen LogP contribution in [0.5, 0.6) is 0 Å². The molecule has 1 aliphatic rings. The molecule has 2 aromatic rings. The van der Waals surface area contributed by atoms with E-state index in [1.165, 1.54) is 11.8 Å². The summed E-state index contributed by atoms with van der Waals surface area (Å²) in [6, 6.07) is 13.1. The predicted molar refractivity (Wildman–Crippen MR) is 104 cm³/mol. The molecule has 6 heteroatoms. The van der Waals surface area contributed by atoms with E-state index in [9.17, 15) is 9.59 Å². The van der Waals surface area contributed by atoms with Crippen LogP contribution in [0.1, 0.15) is 23.1 Å². The summed E-state index contributed by atoms with van der Waals surface area (Å²) in [4.78, 5) is 26.3. The Labute approximate surface area is 157 Å². The van der Waals surface area contributed by atoms with E-state index in [2.05, 4.69) is 10.5 Å². The Balaban J connectivity index is 1.63. The molecule has 2 aromatic carbocycles. The molecule has 26 heavy (non-hydrogen) atoms. The van der Waals surface area contributed by atoms with Crippen molar-refractivity contribution < 1.29 is 9.59 Å². The van der Waals surface area contributed by atoms with Gasteiger partial charge in [0.15, 0.2) is 0 Å². The highest BCUT2D eigenvalue weighted by atomic mass is 35.5. The summed E-state index contributed by atoms with van der Waals surface area (Å²) in [5, 5.41) is 4.51. The van der Waals surface area contributed by atoms with Crippen molar-refractivity contribution in [3.63, 3.8) is 0 Å². The molecule has 1 saturated heterocycles. The molecule has 1 N–H and O–H groups in total. The molecule has 1 aliphatic heterocycles. The Bertz CT molecular complexity index is 879. The van der Waals surface area contributed by atoms with Gasteiger partial charge in [0.05, 0.1) is 12.1 Å². The fourth-order valence-corrected chi connectivity index (χ4v) is 3.05. The lowest BCUT2D eigenvalue weighted by atomic mass is 10.1. The summed E-state index contributed by atoms with van der Waals surface area (Å²) < 4.78 is 0. The van der Waals surface area contributed by atoms with Gasteiger partial charge in [0.25, 0.3) is 0 Å². The summed E-state index contributed by atoms with van der Waals surface area (Å²) in [7, 11) is 0. The van der Waals surface area contributed by atoms with Crippen LogP contribution in [0.2, 0.25) is 5.02 Å². The summed E-state index contributed by atoms with van der Waals surface area (Å²) in [6.45, 7) is 4.39. The van der Waals surface area contributed by atoms with Crippen LogP contribution >= 0.6 is 11.6 Å². The van der Waals surface area contributed by atoms with E-state index in [1.807, 2.05) is 44.2 Å². The van der Waals surface area contributed by atoms with E-state index < -0.39 is 5.92 Å². The Morgan fingerprint density at radius 1 is 1.23 bits per heavy atom. The maximum absolute atomic E-state index is 12.3. The average Bonchev–Trinajstić information content (AvgIpc) is 3.01. The van der Waals surface area contributed by atoms with E-state index in [0.29, 0.717) is 17.1 Å². The molecule has 0 radical (unpaired) electrons. The second-order valence-corrected chi connectivity index (χ2v) is 6.84. The molecular weight excluding hydrogens is 350 g/mol. The van der Waals surface area contributed by atoms with Gasteiger partial charge in [-0.3, -0.25) is 9.59 Å². The summed E-state index contributed by atoms with van der Waals surface area (Å²) >= 11 is 6.04. The summed E-state index contributed by atoms with van der Waals surface area (Å²) in [5.41, 5.74) is 6.34. The second-order valence-electron chi connectivity index (χ2n) is 6.43. The van der Waals surface area contributed by atoms with Crippen molar-refractivity contribution in [2.24, 2.45) is 11.0 Å². The van der Waals surface area contributed by atoms with Crippen LogP contribution < -0.4 is 10.3 Å². The highest BCUT2D eigenvalue weighted by molar-refractivity contribution is 6.33. The van der Waals surface area contributed by atoms with Crippen molar-refractivity contribution in [1.82, 2.24) is 5.43 Å². The first-order valence-corrected chi connectivity index (χ1v) is 8.78. The smallest absolute Gasteiger partial charge is 0.245 e. The van der Waals surface area contributed by atoms with Gasteiger partial charge in [0.1, 0.15) is 0 Å². The van der Waals surface area contributed by atoms with E-state index in [1.54, 1.807) is 17.0 Å². The normalized spacial score (nSPS) is 17.1. The van der Waals surface area contributed by atoms with Gasteiger partial charge in [-0.1, -0.05) is 35.9 Å². The van der Waals surface area contributed by atoms with Crippen LogP contribution in [-0.2, 0) is 9.59 Å². The van der Waals surface area contributed by atoms with Gasteiger partial charge in [-0.05, 0) is 43.2 Å². The Hall–Kier alpha value is -2.66. The molecule has 1 fully saturated rings. The van der Waals surface area contributed by atoms with Crippen LogP contribution in [0, 0.1) is 19.8 Å². The monoisotopic (exact) mass is 369 g/mol. The number of benzene rings is 2. The van der Waals surface area contributed by atoms with Crippen LogP contribution in [0.25, 0.3) is 0 Å². The topological polar surface area (TPSA) is 61.8 Å². The Morgan fingerprint density at radius 2 is 2.00 bits per heavy atom. The van der Waals surface area contributed by atoms with Crippen molar-refractivity contribution in [2.75, 3.05) is 11.4 Å². The number of hydrogen-bond acceptors (Lipinski definition) is 3. The molecule has 0 aromatic heterocycles. The highest BCUT2D eigenvalue weighted by Crippen LogP contribution is 2.26. The van der Waals surface area contributed by atoms with E-state index in [4.69, 9.17) is 11.6 Å². The third-order valence-corrected chi connectivity index (χ3v) is 4.93. The van der Waals surface area contributed by atoms with Crippen LogP contribution in [-0.4, -0.2) is 24.6 Å². The number of amides is 2. The van der Waals surface area contributed by atoms with E-state index >= 15 is 0 Å². The lowest BCUT2D eigenvalue weighted by Crippen LogP contribution is -2.30. The lowest BCUT2D eigenvalue weighted by molar-refractivity contribution is -0.126. The third-order valence-electron chi connectivity index (χ3n) is 4.58. The van der Waals surface area contributed by atoms with Gasteiger partial charge in [-0.25, -0.2) is 5.43 Å². The molecule has 1 atom stereocenters. The number of nitrogens with zero attached hydrogens (tertiary/aromatic N) is 2. The molecule has 0 spiro atoms. The zero-order valence-electron chi connectivity index (χ0n) is 14.7. The molecule has 0 saturated carbocycles. The fraction of sp³-hybridized carbons (Fsp3) is 0.250. The molecule has 0 unspecified atom stereocenters. The number of carbonyl (C=O) groups excluding carboxylic acids is 2.